The molecule has 1 atom stereocenters. The lowest BCUT2D eigenvalue weighted by Crippen LogP contribution is -2.53. The molecule has 2 heteroatoms. The van der Waals surface area contributed by atoms with Gasteiger partial charge in [0.2, 0.25) is 0 Å². The van der Waals surface area contributed by atoms with Gasteiger partial charge in [0.05, 0.1) is 0 Å². The van der Waals surface area contributed by atoms with Crippen molar-refractivity contribution in [1.82, 2.24) is 10.2 Å². The van der Waals surface area contributed by atoms with E-state index in [9.17, 15) is 0 Å². The molecule has 1 aliphatic carbocycles. The van der Waals surface area contributed by atoms with Crippen LogP contribution < -0.4 is 5.32 Å². The molecule has 1 fully saturated rings. The minimum atomic E-state index is 0.358. The smallest absolute Gasteiger partial charge is 0.0328 e. The summed E-state index contributed by atoms with van der Waals surface area (Å²) in [6.45, 7) is 5.54. The second-order valence-corrected chi connectivity index (χ2v) is 6.93. The summed E-state index contributed by atoms with van der Waals surface area (Å²) in [6.07, 6.45) is 7.97. The van der Waals surface area contributed by atoms with Gasteiger partial charge in [0.15, 0.2) is 0 Å². The monoisotopic (exact) mass is 288 g/mol. The fourth-order valence-corrected chi connectivity index (χ4v) is 3.60. The van der Waals surface area contributed by atoms with Gasteiger partial charge in [0.1, 0.15) is 0 Å². The third-order valence-electron chi connectivity index (χ3n) is 5.30. The van der Waals surface area contributed by atoms with Crippen molar-refractivity contribution < 1.29 is 0 Å². The summed E-state index contributed by atoms with van der Waals surface area (Å²) in [6, 6.07) is 9.48. The van der Waals surface area contributed by atoms with Gasteiger partial charge in [-0.2, -0.15) is 0 Å². The Morgan fingerprint density at radius 3 is 2.24 bits per heavy atom. The molecule has 118 valence electrons. The van der Waals surface area contributed by atoms with E-state index in [2.05, 4.69) is 62.4 Å². The first kappa shape index (κ1) is 16.5. The van der Waals surface area contributed by atoms with Gasteiger partial charge in [0.25, 0.3) is 0 Å². The number of rotatable bonds is 6. The number of hydrogen-bond acceptors (Lipinski definition) is 2. The highest BCUT2D eigenvalue weighted by molar-refractivity contribution is 5.24. The molecule has 0 heterocycles. The van der Waals surface area contributed by atoms with Crippen LogP contribution in [0.1, 0.15) is 62.6 Å². The number of hydrogen-bond donors (Lipinski definition) is 1. The van der Waals surface area contributed by atoms with Crippen LogP contribution in [0.2, 0.25) is 0 Å². The van der Waals surface area contributed by atoms with Gasteiger partial charge in [-0.25, -0.2) is 0 Å². The van der Waals surface area contributed by atoms with Crippen LogP contribution >= 0.6 is 0 Å². The summed E-state index contributed by atoms with van der Waals surface area (Å²) in [5.41, 5.74) is 3.12. The highest BCUT2D eigenvalue weighted by Crippen LogP contribution is 2.32. The maximum absolute atomic E-state index is 3.86. The first-order chi connectivity index (χ1) is 10.1. The van der Waals surface area contributed by atoms with Crippen LogP contribution in [0.4, 0.5) is 0 Å². The molecule has 1 N–H and O–H groups in total. The Kier molecular flexibility index (Phi) is 5.83. The Balaban J connectivity index is 2.02. The molecule has 1 aromatic rings. The Labute approximate surface area is 130 Å². The van der Waals surface area contributed by atoms with E-state index < -0.39 is 0 Å². The zero-order valence-electron chi connectivity index (χ0n) is 14.3. The maximum Gasteiger partial charge on any atom is 0.0328 e. The molecule has 0 saturated heterocycles. The van der Waals surface area contributed by atoms with E-state index in [-0.39, 0.29) is 0 Å². The Hall–Kier alpha value is -0.860. The Morgan fingerprint density at radius 1 is 1.10 bits per heavy atom. The molecule has 2 nitrogen and oxygen atoms in total. The molecular formula is C19H32N2. The standard InChI is InChI=1S/C19H32N2/c1-5-18(17-11-9-16(2)10-12-17)20-15-19(21(3)4)13-7-6-8-14-19/h9-12,18,20H,5-8,13-15H2,1-4H3. The Morgan fingerprint density at radius 2 is 1.71 bits per heavy atom. The van der Waals surface area contributed by atoms with Crippen molar-refractivity contribution in [1.29, 1.82) is 0 Å². The number of likely N-dealkylation sites (N-methyl/N-ethyl adjacent to an activating group) is 1. The lowest BCUT2D eigenvalue weighted by Gasteiger charge is -2.44. The van der Waals surface area contributed by atoms with Gasteiger partial charge >= 0.3 is 0 Å². The third-order valence-corrected chi connectivity index (χ3v) is 5.30. The van der Waals surface area contributed by atoms with Crippen molar-refractivity contribution >= 4 is 0 Å². The third kappa shape index (κ3) is 4.08. The van der Waals surface area contributed by atoms with Gasteiger partial charge in [-0.05, 0) is 45.8 Å². The van der Waals surface area contributed by atoms with Gasteiger partial charge in [-0.1, -0.05) is 56.0 Å². The quantitative estimate of drug-likeness (QED) is 0.839. The molecule has 1 aliphatic rings. The summed E-state index contributed by atoms with van der Waals surface area (Å²) in [7, 11) is 4.50. The van der Waals surface area contributed by atoms with E-state index in [0.717, 1.165) is 13.0 Å². The molecule has 0 radical (unpaired) electrons. The van der Waals surface area contributed by atoms with Gasteiger partial charge in [-0.15, -0.1) is 0 Å². The molecule has 1 aromatic carbocycles. The van der Waals surface area contributed by atoms with Crippen molar-refractivity contribution in [2.45, 2.75) is 64.0 Å². The van der Waals surface area contributed by atoms with E-state index in [4.69, 9.17) is 0 Å². The summed E-state index contributed by atoms with van der Waals surface area (Å²) in [5, 5.41) is 3.86. The highest BCUT2D eigenvalue weighted by Gasteiger charge is 2.34. The summed E-state index contributed by atoms with van der Waals surface area (Å²) in [4.78, 5) is 2.46. The van der Waals surface area contributed by atoms with Crippen LogP contribution in [-0.2, 0) is 0 Å². The van der Waals surface area contributed by atoms with E-state index in [1.54, 1.807) is 0 Å². The molecule has 1 unspecified atom stereocenters. The second kappa shape index (κ2) is 7.42. The Bertz CT molecular complexity index is 416. The SMILES string of the molecule is CCC(NCC1(N(C)C)CCCCC1)c1ccc(C)cc1. The fraction of sp³-hybridized carbons (Fsp3) is 0.684. The van der Waals surface area contributed by atoms with Crippen molar-refractivity contribution in [3.63, 3.8) is 0 Å². The average molecular weight is 288 g/mol. The van der Waals surface area contributed by atoms with E-state index in [1.165, 1.54) is 43.2 Å². The molecule has 0 spiro atoms. The van der Waals surface area contributed by atoms with Crippen molar-refractivity contribution in [2.75, 3.05) is 20.6 Å². The van der Waals surface area contributed by atoms with Crippen molar-refractivity contribution in [3.05, 3.63) is 35.4 Å². The zero-order chi connectivity index (χ0) is 15.3. The van der Waals surface area contributed by atoms with Crippen molar-refractivity contribution in [3.8, 4) is 0 Å². The number of nitrogens with one attached hydrogen (secondary N) is 1. The van der Waals surface area contributed by atoms with E-state index in [1.807, 2.05) is 0 Å². The lowest BCUT2D eigenvalue weighted by atomic mass is 9.80. The number of nitrogens with zero attached hydrogens (tertiary/aromatic N) is 1. The van der Waals surface area contributed by atoms with Crippen LogP contribution in [0.5, 0.6) is 0 Å². The molecular weight excluding hydrogens is 256 g/mol. The lowest BCUT2D eigenvalue weighted by molar-refractivity contribution is 0.0949. The number of aryl methyl sites for hydroxylation is 1. The van der Waals surface area contributed by atoms with Crippen LogP contribution in [0.3, 0.4) is 0 Å². The topological polar surface area (TPSA) is 15.3 Å². The summed E-state index contributed by atoms with van der Waals surface area (Å²) < 4.78 is 0. The molecule has 0 amide bonds. The maximum atomic E-state index is 3.86. The van der Waals surface area contributed by atoms with Gasteiger partial charge in [-0.3, -0.25) is 0 Å². The molecule has 0 bridgehead atoms. The van der Waals surface area contributed by atoms with E-state index in [0.29, 0.717) is 11.6 Å². The van der Waals surface area contributed by atoms with Crippen LogP contribution in [-0.4, -0.2) is 31.1 Å². The molecule has 21 heavy (non-hydrogen) atoms. The molecule has 1 saturated carbocycles. The normalized spacial score (nSPS) is 19.7. The first-order valence-electron chi connectivity index (χ1n) is 8.55. The molecule has 2 rings (SSSR count). The first-order valence-corrected chi connectivity index (χ1v) is 8.55. The molecule has 0 aromatic heterocycles. The van der Waals surface area contributed by atoms with Crippen LogP contribution in [0.25, 0.3) is 0 Å². The summed E-state index contributed by atoms with van der Waals surface area (Å²) >= 11 is 0. The summed E-state index contributed by atoms with van der Waals surface area (Å²) in [5.74, 6) is 0. The largest absolute Gasteiger partial charge is 0.308 e. The van der Waals surface area contributed by atoms with Crippen LogP contribution in [0, 0.1) is 6.92 Å². The van der Waals surface area contributed by atoms with Gasteiger partial charge in [0, 0.05) is 18.1 Å². The zero-order valence-corrected chi connectivity index (χ0v) is 14.3. The minimum absolute atomic E-state index is 0.358. The minimum Gasteiger partial charge on any atom is -0.308 e. The van der Waals surface area contributed by atoms with Gasteiger partial charge < -0.3 is 10.2 Å². The molecule has 0 aliphatic heterocycles. The average Bonchev–Trinajstić information content (AvgIpc) is 2.50. The second-order valence-electron chi connectivity index (χ2n) is 6.93. The fourth-order valence-electron chi connectivity index (χ4n) is 3.60. The van der Waals surface area contributed by atoms with Crippen molar-refractivity contribution in [2.24, 2.45) is 0 Å². The predicted molar refractivity (Wildman–Crippen MR) is 91.7 cm³/mol. The van der Waals surface area contributed by atoms with E-state index >= 15 is 0 Å². The number of benzene rings is 1. The van der Waals surface area contributed by atoms with Crippen LogP contribution in [0.15, 0.2) is 24.3 Å². The highest BCUT2D eigenvalue weighted by atomic mass is 15.2. The predicted octanol–water partition coefficient (Wildman–Crippen LogP) is 4.30.